The first kappa shape index (κ1) is 14.6. The monoisotopic (exact) mass is 324 g/mol. The summed E-state index contributed by atoms with van der Waals surface area (Å²) in [4.78, 5) is 19.8. The van der Waals surface area contributed by atoms with Crippen LogP contribution in [0.4, 0.5) is 0 Å². The van der Waals surface area contributed by atoms with E-state index in [2.05, 4.69) is 43.1 Å². The van der Waals surface area contributed by atoms with Crippen LogP contribution in [0, 0.1) is 12.8 Å². The molecule has 0 radical (unpaired) electrons. The third kappa shape index (κ3) is 2.61. The first-order chi connectivity index (χ1) is 11.1. The van der Waals surface area contributed by atoms with Crippen LogP contribution in [-0.4, -0.2) is 9.55 Å². The second kappa shape index (κ2) is 5.60. The lowest BCUT2D eigenvalue weighted by molar-refractivity contribution is 0.509. The highest BCUT2D eigenvalue weighted by molar-refractivity contribution is 7.18. The minimum absolute atomic E-state index is 0.114. The van der Waals surface area contributed by atoms with Gasteiger partial charge in [0.25, 0.3) is 5.56 Å². The van der Waals surface area contributed by atoms with Gasteiger partial charge < -0.3 is 0 Å². The van der Waals surface area contributed by atoms with Crippen molar-refractivity contribution in [1.29, 1.82) is 0 Å². The number of thiophene rings is 1. The van der Waals surface area contributed by atoms with Crippen LogP contribution in [0.15, 0.2) is 35.4 Å². The van der Waals surface area contributed by atoms with Crippen LogP contribution >= 0.6 is 11.3 Å². The summed E-state index contributed by atoms with van der Waals surface area (Å²) in [7, 11) is 0. The first-order valence-corrected chi connectivity index (χ1v) is 8.98. The van der Waals surface area contributed by atoms with Crippen molar-refractivity contribution in [3.05, 3.63) is 62.5 Å². The molecule has 0 saturated heterocycles. The van der Waals surface area contributed by atoms with Gasteiger partial charge in [-0.3, -0.25) is 9.36 Å². The molecule has 2 heterocycles. The maximum atomic E-state index is 12.9. The number of hydrogen-bond donors (Lipinski definition) is 0. The van der Waals surface area contributed by atoms with Crippen molar-refractivity contribution in [3.63, 3.8) is 0 Å². The van der Waals surface area contributed by atoms with Crippen molar-refractivity contribution < 1.29 is 0 Å². The van der Waals surface area contributed by atoms with Crippen molar-refractivity contribution >= 4 is 21.6 Å². The molecule has 1 aromatic carbocycles. The molecule has 0 amide bonds. The van der Waals surface area contributed by atoms with Crippen LogP contribution in [0.2, 0.25) is 0 Å². The van der Waals surface area contributed by atoms with E-state index in [0.717, 1.165) is 28.6 Å². The van der Waals surface area contributed by atoms with Gasteiger partial charge in [0, 0.05) is 4.88 Å². The summed E-state index contributed by atoms with van der Waals surface area (Å²) in [6, 6.07) is 8.33. The van der Waals surface area contributed by atoms with Crippen LogP contribution in [0.5, 0.6) is 0 Å². The Morgan fingerprint density at radius 1 is 1.30 bits per heavy atom. The predicted molar refractivity (Wildman–Crippen MR) is 95.4 cm³/mol. The molecule has 0 spiro atoms. The number of fused-ring (bicyclic) bond motifs is 3. The second-order valence-electron chi connectivity index (χ2n) is 6.70. The van der Waals surface area contributed by atoms with Gasteiger partial charge in [-0.15, -0.1) is 11.3 Å². The van der Waals surface area contributed by atoms with Gasteiger partial charge in [-0.2, -0.15) is 0 Å². The molecule has 0 fully saturated rings. The van der Waals surface area contributed by atoms with E-state index in [0.29, 0.717) is 12.5 Å². The van der Waals surface area contributed by atoms with Gasteiger partial charge in [0.05, 0.1) is 18.3 Å². The summed E-state index contributed by atoms with van der Waals surface area (Å²) >= 11 is 1.71. The van der Waals surface area contributed by atoms with Crippen LogP contribution < -0.4 is 5.56 Å². The Bertz CT molecular complexity index is 921. The van der Waals surface area contributed by atoms with Crippen molar-refractivity contribution in [1.82, 2.24) is 9.55 Å². The fraction of sp³-hybridized carbons (Fsp3) is 0.368. The smallest absolute Gasteiger partial charge is 0.262 e. The minimum atomic E-state index is 0.114. The van der Waals surface area contributed by atoms with Crippen molar-refractivity contribution in [3.8, 4) is 0 Å². The first-order valence-electron chi connectivity index (χ1n) is 8.17. The fourth-order valence-corrected chi connectivity index (χ4v) is 4.71. The van der Waals surface area contributed by atoms with E-state index in [1.807, 2.05) is 0 Å². The summed E-state index contributed by atoms with van der Waals surface area (Å²) in [5.41, 5.74) is 3.74. The van der Waals surface area contributed by atoms with Crippen LogP contribution in [0.25, 0.3) is 10.2 Å². The van der Waals surface area contributed by atoms with Crippen LogP contribution in [0.1, 0.15) is 34.9 Å². The standard InChI is InChI=1S/C19H20N2OS/c1-12-3-6-14(7-4-12)10-21-11-20-18-17(19(21)22)15-8-5-13(2)9-16(15)23-18/h3-4,6-7,11,13H,5,8-10H2,1-2H3/t13-/m0/s1. The molecule has 1 aliphatic rings. The van der Waals surface area contributed by atoms with E-state index >= 15 is 0 Å². The molecule has 1 aliphatic carbocycles. The van der Waals surface area contributed by atoms with Gasteiger partial charge in [-0.25, -0.2) is 4.98 Å². The molecule has 4 heteroatoms. The van der Waals surface area contributed by atoms with E-state index in [9.17, 15) is 4.79 Å². The second-order valence-corrected chi connectivity index (χ2v) is 7.78. The maximum absolute atomic E-state index is 12.9. The quantitative estimate of drug-likeness (QED) is 0.715. The third-order valence-corrected chi connectivity index (χ3v) is 5.92. The van der Waals surface area contributed by atoms with E-state index in [1.54, 1.807) is 22.2 Å². The molecular weight excluding hydrogens is 304 g/mol. The highest BCUT2D eigenvalue weighted by atomic mass is 32.1. The molecule has 1 atom stereocenters. The zero-order chi connectivity index (χ0) is 16.0. The summed E-state index contributed by atoms with van der Waals surface area (Å²) < 4.78 is 1.75. The molecule has 3 aromatic rings. The zero-order valence-electron chi connectivity index (χ0n) is 13.5. The van der Waals surface area contributed by atoms with Gasteiger partial charge in [-0.05, 0) is 43.2 Å². The summed E-state index contributed by atoms with van der Waals surface area (Å²) in [5, 5.41) is 0.867. The Morgan fingerprint density at radius 2 is 2.09 bits per heavy atom. The Kier molecular flexibility index (Phi) is 3.57. The van der Waals surface area contributed by atoms with Gasteiger partial charge in [0.1, 0.15) is 4.83 Å². The number of benzene rings is 1. The fourth-order valence-electron chi connectivity index (χ4n) is 3.37. The Morgan fingerprint density at radius 3 is 2.87 bits per heavy atom. The lowest BCUT2D eigenvalue weighted by atomic mass is 9.89. The van der Waals surface area contributed by atoms with E-state index < -0.39 is 0 Å². The van der Waals surface area contributed by atoms with Gasteiger partial charge in [-0.1, -0.05) is 36.8 Å². The molecule has 3 nitrogen and oxygen atoms in total. The molecule has 2 aromatic heterocycles. The number of nitrogens with zero attached hydrogens (tertiary/aromatic N) is 2. The summed E-state index contributed by atoms with van der Waals surface area (Å²) in [6.45, 7) is 4.95. The van der Waals surface area contributed by atoms with E-state index in [4.69, 9.17) is 0 Å². The Hall–Kier alpha value is -1.94. The molecule has 0 bridgehead atoms. The molecule has 4 rings (SSSR count). The highest BCUT2D eigenvalue weighted by Crippen LogP contribution is 2.35. The molecule has 0 N–H and O–H groups in total. The molecule has 23 heavy (non-hydrogen) atoms. The Balaban J connectivity index is 1.78. The van der Waals surface area contributed by atoms with Gasteiger partial charge >= 0.3 is 0 Å². The summed E-state index contributed by atoms with van der Waals surface area (Å²) in [6.07, 6.45) is 4.98. The van der Waals surface area contributed by atoms with Crippen LogP contribution in [0.3, 0.4) is 0 Å². The zero-order valence-corrected chi connectivity index (χ0v) is 14.3. The van der Waals surface area contributed by atoms with Crippen molar-refractivity contribution in [2.45, 2.75) is 39.7 Å². The van der Waals surface area contributed by atoms with Crippen molar-refractivity contribution in [2.75, 3.05) is 0 Å². The number of hydrogen-bond acceptors (Lipinski definition) is 3. The molecular formula is C19H20N2OS. The highest BCUT2D eigenvalue weighted by Gasteiger charge is 2.23. The summed E-state index contributed by atoms with van der Waals surface area (Å²) in [5.74, 6) is 0.713. The molecule has 0 saturated carbocycles. The SMILES string of the molecule is Cc1ccc(Cn2cnc3sc4c(c3c2=O)CC[C@H](C)C4)cc1. The molecule has 118 valence electrons. The minimum Gasteiger partial charge on any atom is -0.294 e. The van der Waals surface area contributed by atoms with E-state index in [-0.39, 0.29) is 5.56 Å². The average molecular weight is 324 g/mol. The van der Waals surface area contributed by atoms with E-state index in [1.165, 1.54) is 22.4 Å². The van der Waals surface area contributed by atoms with Gasteiger partial charge in [0.2, 0.25) is 0 Å². The van der Waals surface area contributed by atoms with Gasteiger partial charge in [0.15, 0.2) is 0 Å². The number of rotatable bonds is 2. The third-order valence-electron chi connectivity index (χ3n) is 4.76. The average Bonchev–Trinajstić information content (AvgIpc) is 2.90. The number of aryl methyl sites for hydroxylation is 2. The van der Waals surface area contributed by atoms with Crippen molar-refractivity contribution in [2.24, 2.45) is 5.92 Å². The number of aromatic nitrogens is 2. The lowest BCUT2D eigenvalue weighted by Gasteiger charge is -2.17. The maximum Gasteiger partial charge on any atom is 0.262 e. The predicted octanol–water partition coefficient (Wildman–Crippen LogP) is 3.94. The topological polar surface area (TPSA) is 34.9 Å². The molecule has 0 aliphatic heterocycles. The largest absolute Gasteiger partial charge is 0.294 e. The lowest BCUT2D eigenvalue weighted by Crippen LogP contribution is -2.22. The Labute approximate surface area is 139 Å². The normalized spacial score (nSPS) is 17.4. The van der Waals surface area contributed by atoms with Crippen LogP contribution in [-0.2, 0) is 19.4 Å². The molecule has 0 unspecified atom stereocenters.